The van der Waals surface area contributed by atoms with Gasteiger partial charge in [-0.3, -0.25) is 4.90 Å². The summed E-state index contributed by atoms with van der Waals surface area (Å²) in [4.78, 5) is 2.57. The van der Waals surface area contributed by atoms with Gasteiger partial charge in [-0.1, -0.05) is 12.2 Å². The molecule has 0 aromatic carbocycles. The van der Waals surface area contributed by atoms with Crippen molar-refractivity contribution in [2.45, 2.75) is 45.7 Å². The number of hydrogen-bond donors (Lipinski definition) is 0. The number of nitrogens with zero attached hydrogens (tertiary/aromatic N) is 1. The third kappa shape index (κ3) is 2.66. The predicted octanol–water partition coefficient (Wildman–Crippen LogP) is 2.44. The fraction of sp³-hybridized carbons (Fsp3) is 0.800. The van der Waals surface area contributed by atoms with Crippen molar-refractivity contribution in [2.75, 3.05) is 6.54 Å². The van der Waals surface area contributed by atoms with E-state index in [0.29, 0.717) is 6.04 Å². The minimum atomic E-state index is 0.707. The van der Waals surface area contributed by atoms with Gasteiger partial charge in [0.2, 0.25) is 0 Å². The van der Waals surface area contributed by atoms with E-state index < -0.39 is 0 Å². The molecule has 1 fully saturated rings. The van der Waals surface area contributed by atoms with Gasteiger partial charge in [0.1, 0.15) is 0 Å². The Balaban J connectivity index is 2.32. The SMILES string of the molecule is C/C=C/CN(C(C)C)C1CC1. The molecule has 0 bridgehead atoms. The molecular weight excluding hydrogens is 134 g/mol. The molecule has 1 saturated carbocycles. The molecule has 0 amide bonds. The van der Waals surface area contributed by atoms with Gasteiger partial charge in [-0.05, 0) is 33.6 Å². The van der Waals surface area contributed by atoms with E-state index in [0.717, 1.165) is 12.6 Å². The van der Waals surface area contributed by atoms with Crippen LogP contribution in [0.4, 0.5) is 0 Å². The zero-order valence-electron chi connectivity index (χ0n) is 7.88. The fourth-order valence-corrected chi connectivity index (χ4v) is 1.41. The molecule has 0 unspecified atom stereocenters. The molecular formula is C10H19N. The number of allylic oxidation sites excluding steroid dienone is 1. The molecule has 1 nitrogen and oxygen atoms in total. The maximum absolute atomic E-state index is 2.57. The molecule has 1 aliphatic carbocycles. The fourth-order valence-electron chi connectivity index (χ4n) is 1.41. The highest BCUT2D eigenvalue weighted by atomic mass is 15.2. The van der Waals surface area contributed by atoms with Crippen LogP contribution in [0, 0.1) is 0 Å². The van der Waals surface area contributed by atoms with Gasteiger partial charge in [-0.15, -0.1) is 0 Å². The molecule has 0 N–H and O–H groups in total. The minimum absolute atomic E-state index is 0.707. The summed E-state index contributed by atoms with van der Waals surface area (Å²) >= 11 is 0. The van der Waals surface area contributed by atoms with E-state index >= 15 is 0 Å². The highest BCUT2D eigenvalue weighted by Gasteiger charge is 2.29. The normalized spacial score (nSPS) is 19.0. The van der Waals surface area contributed by atoms with Gasteiger partial charge in [-0.2, -0.15) is 0 Å². The van der Waals surface area contributed by atoms with Crippen LogP contribution in [0.3, 0.4) is 0 Å². The van der Waals surface area contributed by atoms with Crippen LogP contribution in [-0.2, 0) is 0 Å². The quantitative estimate of drug-likeness (QED) is 0.561. The lowest BCUT2D eigenvalue weighted by atomic mass is 10.3. The maximum Gasteiger partial charge on any atom is 0.0168 e. The van der Waals surface area contributed by atoms with Crippen molar-refractivity contribution < 1.29 is 0 Å². The Morgan fingerprint density at radius 2 is 2.09 bits per heavy atom. The summed E-state index contributed by atoms with van der Waals surface area (Å²) in [7, 11) is 0. The Morgan fingerprint density at radius 3 is 2.45 bits per heavy atom. The first-order valence-electron chi connectivity index (χ1n) is 4.62. The molecule has 64 valence electrons. The van der Waals surface area contributed by atoms with Crippen molar-refractivity contribution in [3.8, 4) is 0 Å². The van der Waals surface area contributed by atoms with Crippen molar-refractivity contribution in [1.82, 2.24) is 4.90 Å². The number of hydrogen-bond acceptors (Lipinski definition) is 1. The van der Waals surface area contributed by atoms with Crippen molar-refractivity contribution >= 4 is 0 Å². The van der Waals surface area contributed by atoms with E-state index in [1.807, 2.05) is 0 Å². The molecule has 1 rings (SSSR count). The lowest BCUT2D eigenvalue weighted by molar-refractivity contribution is 0.235. The van der Waals surface area contributed by atoms with E-state index in [-0.39, 0.29) is 0 Å². The second kappa shape index (κ2) is 3.91. The third-order valence-corrected chi connectivity index (χ3v) is 2.23. The van der Waals surface area contributed by atoms with Gasteiger partial charge in [0.15, 0.2) is 0 Å². The smallest absolute Gasteiger partial charge is 0.0168 e. The highest BCUT2D eigenvalue weighted by Crippen LogP contribution is 2.28. The van der Waals surface area contributed by atoms with E-state index in [4.69, 9.17) is 0 Å². The Bertz CT molecular complexity index is 132. The molecule has 0 aromatic heterocycles. The van der Waals surface area contributed by atoms with Crippen LogP contribution < -0.4 is 0 Å². The summed E-state index contributed by atoms with van der Waals surface area (Å²) in [6.07, 6.45) is 7.21. The van der Waals surface area contributed by atoms with Crippen molar-refractivity contribution in [3.63, 3.8) is 0 Å². The minimum Gasteiger partial charge on any atom is -0.294 e. The molecule has 0 spiro atoms. The summed E-state index contributed by atoms with van der Waals surface area (Å²) in [6.45, 7) is 7.79. The first kappa shape index (κ1) is 8.79. The van der Waals surface area contributed by atoms with Crippen LogP contribution in [0.5, 0.6) is 0 Å². The lowest BCUT2D eigenvalue weighted by Crippen LogP contribution is -2.32. The monoisotopic (exact) mass is 153 g/mol. The second-order valence-electron chi connectivity index (χ2n) is 3.59. The number of rotatable bonds is 4. The Kier molecular flexibility index (Phi) is 3.13. The van der Waals surface area contributed by atoms with Crippen LogP contribution in [0.25, 0.3) is 0 Å². The second-order valence-corrected chi connectivity index (χ2v) is 3.59. The molecule has 0 aromatic rings. The lowest BCUT2D eigenvalue weighted by Gasteiger charge is -2.24. The Labute approximate surface area is 70.1 Å². The summed E-state index contributed by atoms with van der Waals surface area (Å²) in [5.41, 5.74) is 0. The highest BCUT2D eigenvalue weighted by molar-refractivity contribution is 4.91. The first-order valence-corrected chi connectivity index (χ1v) is 4.62. The molecule has 11 heavy (non-hydrogen) atoms. The molecule has 0 aliphatic heterocycles. The van der Waals surface area contributed by atoms with Gasteiger partial charge in [-0.25, -0.2) is 0 Å². The Morgan fingerprint density at radius 1 is 1.45 bits per heavy atom. The summed E-state index contributed by atoms with van der Waals surface area (Å²) in [5, 5.41) is 0. The van der Waals surface area contributed by atoms with Crippen LogP contribution in [0.15, 0.2) is 12.2 Å². The standard InChI is InChI=1S/C10H19N/c1-4-5-8-11(9(2)3)10-6-7-10/h4-5,9-10H,6-8H2,1-3H3/b5-4+. The van der Waals surface area contributed by atoms with Gasteiger partial charge in [0, 0.05) is 18.6 Å². The molecule has 0 radical (unpaired) electrons. The van der Waals surface area contributed by atoms with Crippen molar-refractivity contribution in [2.24, 2.45) is 0 Å². The molecule has 0 atom stereocenters. The van der Waals surface area contributed by atoms with Gasteiger partial charge in [0.25, 0.3) is 0 Å². The van der Waals surface area contributed by atoms with Gasteiger partial charge in [0.05, 0.1) is 0 Å². The summed E-state index contributed by atoms with van der Waals surface area (Å²) in [6, 6.07) is 1.60. The molecule has 0 saturated heterocycles. The zero-order valence-corrected chi connectivity index (χ0v) is 7.88. The average molecular weight is 153 g/mol. The largest absolute Gasteiger partial charge is 0.294 e. The van der Waals surface area contributed by atoms with E-state index in [2.05, 4.69) is 37.8 Å². The van der Waals surface area contributed by atoms with Crippen molar-refractivity contribution in [3.05, 3.63) is 12.2 Å². The van der Waals surface area contributed by atoms with E-state index in [1.165, 1.54) is 12.8 Å². The topological polar surface area (TPSA) is 3.24 Å². The van der Waals surface area contributed by atoms with E-state index in [1.54, 1.807) is 0 Å². The van der Waals surface area contributed by atoms with Crippen LogP contribution >= 0.6 is 0 Å². The zero-order chi connectivity index (χ0) is 8.27. The summed E-state index contributed by atoms with van der Waals surface area (Å²) < 4.78 is 0. The predicted molar refractivity (Wildman–Crippen MR) is 49.7 cm³/mol. The van der Waals surface area contributed by atoms with Crippen LogP contribution in [0.2, 0.25) is 0 Å². The molecule has 0 heterocycles. The maximum atomic E-state index is 2.57. The Hall–Kier alpha value is -0.300. The summed E-state index contributed by atoms with van der Waals surface area (Å²) in [5.74, 6) is 0. The van der Waals surface area contributed by atoms with Gasteiger partial charge >= 0.3 is 0 Å². The first-order chi connectivity index (χ1) is 5.25. The molecule has 1 aliphatic rings. The third-order valence-electron chi connectivity index (χ3n) is 2.23. The van der Waals surface area contributed by atoms with Crippen molar-refractivity contribution in [1.29, 1.82) is 0 Å². The van der Waals surface area contributed by atoms with Gasteiger partial charge < -0.3 is 0 Å². The molecule has 1 heteroatoms. The van der Waals surface area contributed by atoms with Crippen LogP contribution in [-0.4, -0.2) is 23.5 Å². The van der Waals surface area contributed by atoms with E-state index in [9.17, 15) is 0 Å². The average Bonchev–Trinajstić information content (AvgIpc) is 2.71. The van der Waals surface area contributed by atoms with Crippen LogP contribution in [0.1, 0.15) is 33.6 Å².